The van der Waals surface area contributed by atoms with Gasteiger partial charge in [-0.2, -0.15) is 10.4 Å². The lowest BCUT2D eigenvalue weighted by atomic mass is 9.96. The SMILES string of the molecule is CN=C(NCCCc1nn(-c2ccc(F)cc2)c(N)c1C#N)NC1CCCCC1. The third-order valence-corrected chi connectivity index (χ3v) is 5.23. The maximum atomic E-state index is 13.2. The Balaban J connectivity index is 1.57. The Labute approximate surface area is 170 Å². The van der Waals surface area contributed by atoms with Crippen molar-refractivity contribution < 1.29 is 4.39 Å². The molecule has 3 rings (SSSR count). The van der Waals surface area contributed by atoms with Crippen LogP contribution in [0.3, 0.4) is 0 Å². The molecule has 1 aliphatic rings. The van der Waals surface area contributed by atoms with E-state index in [1.54, 1.807) is 19.2 Å². The summed E-state index contributed by atoms with van der Waals surface area (Å²) in [6.45, 7) is 0.709. The minimum absolute atomic E-state index is 0.275. The summed E-state index contributed by atoms with van der Waals surface area (Å²) < 4.78 is 14.7. The van der Waals surface area contributed by atoms with Crippen LogP contribution in [-0.2, 0) is 6.42 Å². The molecule has 8 heteroatoms. The number of hydrogen-bond donors (Lipinski definition) is 3. The quantitative estimate of drug-likeness (QED) is 0.395. The lowest BCUT2D eigenvalue weighted by molar-refractivity contribution is 0.410. The normalized spacial score (nSPS) is 15.1. The molecule has 0 amide bonds. The zero-order chi connectivity index (χ0) is 20.6. The first-order valence-electron chi connectivity index (χ1n) is 10.1. The largest absolute Gasteiger partial charge is 0.382 e. The summed E-state index contributed by atoms with van der Waals surface area (Å²) in [4.78, 5) is 4.30. The zero-order valence-corrected chi connectivity index (χ0v) is 16.8. The number of hydrogen-bond acceptors (Lipinski definition) is 4. The van der Waals surface area contributed by atoms with Gasteiger partial charge < -0.3 is 16.4 Å². The van der Waals surface area contributed by atoms with Crippen molar-refractivity contribution in [2.24, 2.45) is 4.99 Å². The van der Waals surface area contributed by atoms with E-state index < -0.39 is 0 Å². The van der Waals surface area contributed by atoms with Crippen molar-refractivity contribution in [1.29, 1.82) is 5.26 Å². The molecule has 0 unspecified atom stereocenters. The molecule has 0 aliphatic heterocycles. The Bertz CT molecular complexity index is 874. The number of guanidine groups is 1. The Morgan fingerprint density at radius 1 is 1.31 bits per heavy atom. The number of benzene rings is 1. The number of anilines is 1. The number of aromatic nitrogens is 2. The van der Waals surface area contributed by atoms with Crippen LogP contribution in [0.4, 0.5) is 10.2 Å². The fraction of sp³-hybridized carbons (Fsp3) is 0.476. The van der Waals surface area contributed by atoms with Gasteiger partial charge in [0.25, 0.3) is 0 Å². The van der Waals surface area contributed by atoms with E-state index >= 15 is 0 Å². The van der Waals surface area contributed by atoms with E-state index in [9.17, 15) is 9.65 Å². The highest BCUT2D eigenvalue weighted by atomic mass is 19.1. The number of nitrogen functional groups attached to an aromatic ring is 1. The van der Waals surface area contributed by atoms with Gasteiger partial charge in [0, 0.05) is 19.6 Å². The molecule has 0 radical (unpaired) electrons. The van der Waals surface area contributed by atoms with Gasteiger partial charge in [-0.3, -0.25) is 4.99 Å². The Hall–Kier alpha value is -3.08. The molecule has 29 heavy (non-hydrogen) atoms. The zero-order valence-electron chi connectivity index (χ0n) is 16.8. The highest BCUT2D eigenvalue weighted by Gasteiger charge is 2.17. The van der Waals surface area contributed by atoms with Crippen molar-refractivity contribution in [2.75, 3.05) is 19.3 Å². The first kappa shape index (κ1) is 20.6. The maximum absolute atomic E-state index is 13.2. The van der Waals surface area contributed by atoms with Crippen LogP contribution in [0.25, 0.3) is 5.69 Å². The summed E-state index contributed by atoms with van der Waals surface area (Å²) in [7, 11) is 1.77. The molecule has 1 heterocycles. The number of nitriles is 1. The van der Waals surface area contributed by atoms with Crippen molar-refractivity contribution in [3.63, 3.8) is 0 Å². The molecule has 0 atom stereocenters. The van der Waals surface area contributed by atoms with E-state index in [2.05, 4.69) is 26.8 Å². The van der Waals surface area contributed by atoms with Gasteiger partial charge in [-0.15, -0.1) is 0 Å². The van der Waals surface area contributed by atoms with Gasteiger partial charge in [0.1, 0.15) is 23.3 Å². The molecule has 0 spiro atoms. The molecule has 2 aromatic rings. The van der Waals surface area contributed by atoms with Gasteiger partial charge in [0.2, 0.25) is 0 Å². The third-order valence-electron chi connectivity index (χ3n) is 5.23. The van der Waals surface area contributed by atoms with Crippen molar-refractivity contribution in [2.45, 2.75) is 51.0 Å². The van der Waals surface area contributed by atoms with Crippen LogP contribution in [0.1, 0.15) is 49.8 Å². The maximum Gasteiger partial charge on any atom is 0.191 e. The lowest BCUT2D eigenvalue weighted by Gasteiger charge is -2.24. The molecule has 1 fully saturated rings. The summed E-state index contributed by atoms with van der Waals surface area (Å²) in [5.74, 6) is 0.757. The highest BCUT2D eigenvalue weighted by molar-refractivity contribution is 5.79. The minimum atomic E-state index is -0.332. The molecule has 1 saturated carbocycles. The van der Waals surface area contributed by atoms with Crippen LogP contribution in [0.5, 0.6) is 0 Å². The average molecular weight is 398 g/mol. The Morgan fingerprint density at radius 3 is 2.69 bits per heavy atom. The smallest absolute Gasteiger partial charge is 0.191 e. The van der Waals surface area contributed by atoms with E-state index in [4.69, 9.17) is 5.73 Å². The summed E-state index contributed by atoms with van der Waals surface area (Å²) in [6, 6.07) is 8.50. The molecular formula is C21H28FN7. The fourth-order valence-corrected chi connectivity index (χ4v) is 3.65. The van der Waals surface area contributed by atoms with Gasteiger partial charge in [-0.05, 0) is 49.9 Å². The van der Waals surface area contributed by atoms with Crippen LogP contribution in [0, 0.1) is 17.1 Å². The number of aliphatic imine (C=N–C) groups is 1. The van der Waals surface area contributed by atoms with Gasteiger partial charge in [-0.1, -0.05) is 19.3 Å². The highest BCUT2D eigenvalue weighted by Crippen LogP contribution is 2.22. The van der Waals surface area contributed by atoms with Gasteiger partial charge >= 0.3 is 0 Å². The fourth-order valence-electron chi connectivity index (χ4n) is 3.65. The second-order valence-electron chi connectivity index (χ2n) is 7.29. The number of halogens is 1. The third kappa shape index (κ3) is 5.25. The monoisotopic (exact) mass is 397 g/mol. The van der Waals surface area contributed by atoms with E-state index in [0.29, 0.717) is 36.0 Å². The van der Waals surface area contributed by atoms with Crippen LogP contribution >= 0.6 is 0 Å². The lowest BCUT2D eigenvalue weighted by Crippen LogP contribution is -2.44. The molecule has 1 aromatic carbocycles. The van der Waals surface area contributed by atoms with E-state index in [0.717, 1.165) is 12.4 Å². The minimum Gasteiger partial charge on any atom is -0.382 e. The Morgan fingerprint density at radius 2 is 2.03 bits per heavy atom. The van der Waals surface area contributed by atoms with Crippen molar-refractivity contribution in [3.05, 3.63) is 41.3 Å². The van der Waals surface area contributed by atoms with Gasteiger partial charge in [-0.25, -0.2) is 9.07 Å². The van der Waals surface area contributed by atoms with E-state index in [1.807, 2.05) is 0 Å². The predicted octanol–water partition coefficient (Wildman–Crippen LogP) is 2.90. The van der Waals surface area contributed by atoms with Crippen LogP contribution in [0.15, 0.2) is 29.3 Å². The molecule has 4 N–H and O–H groups in total. The number of aryl methyl sites for hydroxylation is 1. The number of nitrogens with one attached hydrogen (secondary N) is 2. The summed E-state index contributed by atoms with van der Waals surface area (Å²) >= 11 is 0. The molecule has 0 saturated heterocycles. The van der Waals surface area contributed by atoms with Crippen molar-refractivity contribution >= 4 is 11.8 Å². The van der Waals surface area contributed by atoms with Crippen LogP contribution in [-0.4, -0.2) is 35.4 Å². The van der Waals surface area contributed by atoms with Crippen LogP contribution in [0.2, 0.25) is 0 Å². The molecule has 1 aliphatic carbocycles. The Kier molecular flexibility index (Phi) is 7.06. The first-order chi connectivity index (χ1) is 14.1. The molecular weight excluding hydrogens is 369 g/mol. The molecule has 7 nitrogen and oxygen atoms in total. The van der Waals surface area contributed by atoms with Crippen LogP contribution < -0.4 is 16.4 Å². The van der Waals surface area contributed by atoms with Gasteiger partial charge in [0.05, 0.1) is 11.4 Å². The van der Waals surface area contributed by atoms with Crippen molar-refractivity contribution in [3.8, 4) is 11.8 Å². The summed E-state index contributed by atoms with van der Waals surface area (Å²) in [6.07, 6.45) is 7.61. The second kappa shape index (κ2) is 9.92. The van der Waals surface area contributed by atoms with Crippen molar-refractivity contribution in [1.82, 2.24) is 20.4 Å². The van der Waals surface area contributed by atoms with Gasteiger partial charge in [0.15, 0.2) is 5.96 Å². The molecule has 154 valence electrons. The average Bonchev–Trinajstić information content (AvgIpc) is 3.06. The number of nitrogens with zero attached hydrogens (tertiary/aromatic N) is 4. The summed E-state index contributed by atoms with van der Waals surface area (Å²) in [5, 5.41) is 20.8. The molecule has 0 bridgehead atoms. The van der Waals surface area contributed by atoms with E-state index in [1.165, 1.54) is 48.9 Å². The topological polar surface area (TPSA) is 104 Å². The number of rotatable bonds is 6. The predicted molar refractivity (Wildman–Crippen MR) is 112 cm³/mol. The summed E-state index contributed by atoms with van der Waals surface area (Å²) in [5.41, 5.74) is 7.75. The second-order valence-corrected chi connectivity index (χ2v) is 7.29. The van der Waals surface area contributed by atoms with E-state index in [-0.39, 0.29) is 11.6 Å². The molecule has 1 aromatic heterocycles. The first-order valence-corrected chi connectivity index (χ1v) is 10.1. The number of nitrogens with two attached hydrogens (primary N) is 1. The standard InChI is InChI=1S/C21H28FN7/c1-25-21(27-16-6-3-2-4-7-16)26-13-5-8-19-18(14-23)20(24)29(28-19)17-11-9-15(22)10-12-17/h9-12,16H,2-8,13,24H2,1H3,(H2,25,26,27).